The minimum absolute atomic E-state index is 0.256. The van der Waals surface area contributed by atoms with Gasteiger partial charge >= 0.3 is 0 Å². The highest BCUT2D eigenvalue weighted by atomic mass is 32.2. The van der Waals surface area contributed by atoms with Crippen LogP contribution in [0, 0.1) is 0 Å². The lowest BCUT2D eigenvalue weighted by Gasteiger charge is -2.11. The summed E-state index contributed by atoms with van der Waals surface area (Å²) < 4.78 is 27.0. The zero-order valence-electron chi connectivity index (χ0n) is 10.9. The standard InChI is InChI=1S/C13H16N2O3S2/c1-9(16)7-10-8-11(4-5-12(10)14)15-20(17,18)13-3-2-6-19-13/h2-6,8-9,15-16H,7,14H2,1H3. The van der Waals surface area contributed by atoms with E-state index >= 15 is 0 Å². The zero-order chi connectivity index (χ0) is 14.8. The molecular formula is C13H16N2O3S2. The van der Waals surface area contributed by atoms with Crippen LogP contribution in [0.4, 0.5) is 11.4 Å². The first-order valence-corrected chi connectivity index (χ1v) is 8.37. The number of nitrogen functional groups attached to an aromatic ring is 1. The molecule has 1 aromatic heterocycles. The van der Waals surface area contributed by atoms with Crippen molar-refractivity contribution in [2.75, 3.05) is 10.5 Å². The van der Waals surface area contributed by atoms with Gasteiger partial charge in [0.1, 0.15) is 4.21 Å². The Hall–Kier alpha value is -1.57. The first-order chi connectivity index (χ1) is 9.38. The predicted molar refractivity (Wildman–Crippen MR) is 81.4 cm³/mol. The molecule has 2 rings (SSSR count). The molecule has 7 heteroatoms. The summed E-state index contributed by atoms with van der Waals surface area (Å²) in [6.07, 6.45) is -0.165. The normalized spacial score (nSPS) is 13.1. The first-order valence-electron chi connectivity index (χ1n) is 6.01. The molecule has 0 aliphatic heterocycles. The third-order valence-corrected chi connectivity index (χ3v) is 5.45. The van der Waals surface area contributed by atoms with Gasteiger partial charge < -0.3 is 10.8 Å². The second-order valence-electron chi connectivity index (χ2n) is 4.50. The topological polar surface area (TPSA) is 92.4 Å². The fourth-order valence-electron chi connectivity index (χ4n) is 1.79. The average molecular weight is 312 g/mol. The molecule has 0 saturated carbocycles. The number of aliphatic hydroxyl groups excluding tert-OH is 1. The molecule has 0 saturated heterocycles. The van der Waals surface area contributed by atoms with Gasteiger partial charge in [-0.25, -0.2) is 8.42 Å². The molecule has 0 amide bonds. The van der Waals surface area contributed by atoms with Crippen LogP contribution >= 0.6 is 11.3 Å². The number of hydrogen-bond acceptors (Lipinski definition) is 5. The van der Waals surface area contributed by atoms with E-state index in [-0.39, 0.29) is 4.21 Å². The Labute approximate surface area is 122 Å². The van der Waals surface area contributed by atoms with Gasteiger partial charge in [-0.15, -0.1) is 11.3 Å². The summed E-state index contributed by atoms with van der Waals surface area (Å²) in [5.41, 5.74) is 7.49. The molecular weight excluding hydrogens is 296 g/mol. The van der Waals surface area contributed by atoms with Crippen molar-refractivity contribution < 1.29 is 13.5 Å². The summed E-state index contributed by atoms with van der Waals surface area (Å²) in [6, 6.07) is 8.10. The highest BCUT2D eigenvalue weighted by Crippen LogP contribution is 2.23. The molecule has 2 aromatic rings. The first kappa shape index (κ1) is 14.8. The minimum atomic E-state index is -3.56. The molecule has 1 heterocycles. The van der Waals surface area contributed by atoms with Crippen molar-refractivity contribution in [3.8, 4) is 0 Å². The van der Waals surface area contributed by atoms with Gasteiger partial charge in [0.25, 0.3) is 10.0 Å². The highest BCUT2D eigenvalue weighted by Gasteiger charge is 2.15. The van der Waals surface area contributed by atoms with Crippen molar-refractivity contribution in [1.82, 2.24) is 0 Å². The average Bonchev–Trinajstić information content (AvgIpc) is 2.87. The van der Waals surface area contributed by atoms with Crippen molar-refractivity contribution in [3.63, 3.8) is 0 Å². The van der Waals surface area contributed by atoms with Gasteiger partial charge in [0.05, 0.1) is 6.10 Å². The monoisotopic (exact) mass is 312 g/mol. The lowest BCUT2D eigenvalue weighted by Crippen LogP contribution is -2.13. The van der Waals surface area contributed by atoms with Gasteiger partial charge in [-0.2, -0.15) is 0 Å². The second-order valence-corrected chi connectivity index (χ2v) is 7.36. The van der Waals surface area contributed by atoms with Gasteiger partial charge in [-0.1, -0.05) is 6.07 Å². The number of benzene rings is 1. The minimum Gasteiger partial charge on any atom is -0.399 e. The molecule has 0 aliphatic carbocycles. The number of hydrogen-bond donors (Lipinski definition) is 3. The molecule has 1 aromatic carbocycles. The number of nitrogens with two attached hydrogens (primary N) is 1. The quantitative estimate of drug-likeness (QED) is 0.737. The summed E-state index contributed by atoms with van der Waals surface area (Å²) in [6.45, 7) is 1.65. The summed E-state index contributed by atoms with van der Waals surface area (Å²) in [7, 11) is -3.56. The van der Waals surface area contributed by atoms with E-state index in [4.69, 9.17) is 5.73 Å². The van der Waals surface area contributed by atoms with Gasteiger partial charge in [0.2, 0.25) is 0 Å². The highest BCUT2D eigenvalue weighted by molar-refractivity contribution is 7.94. The summed E-state index contributed by atoms with van der Waals surface area (Å²) in [4.78, 5) is 0. The summed E-state index contributed by atoms with van der Waals surface area (Å²) >= 11 is 1.15. The van der Waals surface area contributed by atoms with E-state index in [1.165, 1.54) is 0 Å². The maximum Gasteiger partial charge on any atom is 0.271 e. The number of rotatable bonds is 5. The molecule has 0 fully saturated rings. The zero-order valence-corrected chi connectivity index (χ0v) is 12.5. The van der Waals surface area contributed by atoms with Crippen LogP contribution < -0.4 is 10.5 Å². The Morgan fingerprint density at radius 1 is 1.40 bits per heavy atom. The molecule has 0 bridgehead atoms. The van der Waals surface area contributed by atoms with Gasteiger partial charge in [-0.05, 0) is 42.1 Å². The van der Waals surface area contributed by atoms with Crippen LogP contribution in [0.15, 0.2) is 39.9 Å². The third-order valence-electron chi connectivity index (χ3n) is 2.67. The van der Waals surface area contributed by atoms with Gasteiger partial charge in [0.15, 0.2) is 0 Å². The lowest BCUT2D eigenvalue weighted by molar-refractivity contribution is 0.195. The Kier molecular flexibility index (Phi) is 4.32. The maximum atomic E-state index is 12.1. The number of thiophene rings is 1. The van der Waals surface area contributed by atoms with Crippen molar-refractivity contribution in [2.45, 2.75) is 23.7 Å². The molecule has 4 N–H and O–H groups in total. The molecule has 0 spiro atoms. The Morgan fingerprint density at radius 2 is 2.15 bits per heavy atom. The van der Waals surface area contributed by atoms with Crippen molar-refractivity contribution in [2.24, 2.45) is 0 Å². The largest absolute Gasteiger partial charge is 0.399 e. The second kappa shape index (κ2) is 5.82. The Morgan fingerprint density at radius 3 is 2.75 bits per heavy atom. The number of aliphatic hydroxyl groups is 1. The van der Waals surface area contributed by atoms with Gasteiger partial charge in [-0.3, -0.25) is 4.72 Å². The van der Waals surface area contributed by atoms with Crippen LogP contribution in [0.5, 0.6) is 0 Å². The van der Waals surface area contributed by atoms with E-state index in [1.54, 1.807) is 42.6 Å². The van der Waals surface area contributed by atoms with Crippen molar-refractivity contribution in [1.29, 1.82) is 0 Å². The fourth-order valence-corrected chi connectivity index (χ4v) is 3.83. The Balaban J connectivity index is 2.26. The number of anilines is 2. The number of nitrogens with one attached hydrogen (secondary N) is 1. The van der Waals surface area contributed by atoms with E-state index in [2.05, 4.69) is 4.72 Å². The summed E-state index contributed by atoms with van der Waals surface area (Å²) in [5.74, 6) is 0. The van der Waals surface area contributed by atoms with E-state index in [0.29, 0.717) is 23.4 Å². The molecule has 20 heavy (non-hydrogen) atoms. The van der Waals surface area contributed by atoms with Crippen LogP contribution in [0.3, 0.4) is 0 Å². The molecule has 5 nitrogen and oxygen atoms in total. The molecule has 1 unspecified atom stereocenters. The number of sulfonamides is 1. The van der Waals surface area contributed by atoms with Crippen LogP contribution in [-0.2, 0) is 16.4 Å². The van der Waals surface area contributed by atoms with E-state index in [9.17, 15) is 13.5 Å². The van der Waals surface area contributed by atoms with Crippen LogP contribution in [0.2, 0.25) is 0 Å². The summed E-state index contributed by atoms with van der Waals surface area (Å²) in [5, 5.41) is 11.1. The molecule has 1 atom stereocenters. The molecule has 0 aliphatic rings. The van der Waals surface area contributed by atoms with Crippen LogP contribution in [-0.4, -0.2) is 19.6 Å². The van der Waals surface area contributed by atoms with Gasteiger partial charge in [0, 0.05) is 17.8 Å². The fraction of sp³-hybridized carbons (Fsp3) is 0.231. The van der Waals surface area contributed by atoms with Crippen LogP contribution in [0.1, 0.15) is 12.5 Å². The SMILES string of the molecule is CC(O)Cc1cc(NS(=O)(=O)c2cccs2)ccc1N. The predicted octanol–water partition coefficient (Wildman–Crippen LogP) is 2.05. The third kappa shape index (κ3) is 3.50. The van der Waals surface area contributed by atoms with E-state index in [1.807, 2.05) is 0 Å². The van der Waals surface area contributed by atoms with Crippen molar-refractivity contribution in [3.05, 3.63) is 41.3 Å². The van der Waals surface area contributed by atoms with E-state index < -0.39 is 16.1 Å². The lowest BCUT2D eigenvalue weighted by atomic mass is 10.1. The van der Waals surface area contributed by atoms with Crippen molar-refractivity contribution >= 4 is 32.7 Å². The molecule has 0 radical (unpaired) electrons. The smallest absolute Gasteiger partial charge is 0.271 e. The maximum absolute atomic E-state index is 12.1. The van der Waals surface area contributed by atoms with E-state index in [0.717, 1.165) is 11.3 Å². The van der Waals surface area contributed by atoms with Crippen LogP contribution in [0.25, 0.3) is 0 Å². The Bertz CT molecular complexity index is 680. The molecule has 108 valence electrons.